The number of rotatable bonds is 4. The second kappa shape index (κ2) is 7.76. The van der Waals surface area contributed by atoms with Crippen LogP contribution >= 0.6 is 0 Å². The fourth-order valence-corrected chi connectivity index (χ4v) is 3.92. The molecule has 28 heavy (non-hydrogen) atoms. The zero-order valence-electron chi connectivity index (χ0n) is 16.7. The monoisotopic (exact) mass is 377 g/mol. The maximum Gasteiger partial charge on any atom is 0.223 e. The van der Waals surface area contributed by atoms with Gasteiger partial charge in [0.2, 0.25) is 5.88 Å². The van der Waals surface area contributed by atoms with E-state index in [-0.39, 0.29) is 12.2 Å². The summed E-state index contributed by atoms with van der Waals surface area (Å²) in [5.74, 6) is 0.635. The van der Waals surface area contributed by atoms with E-state index in [9.17, 15) is 5.11 Å². The first kappa shape index (κ1) is 18.7. The summed E-state index contributed by atoms with van der Waals surface area (Å²) in [5, 5.41) is 10.7. The number of fused-ring (bicyclic) bond motifs is 1. The van der Waals surface area contributed by atoms with Crippen LogP contribution in [0, 0.1) is 6.92 Å². The van der Waals surface area contributed by atoms with Crippen LogP contribution < -0.4 is 9.64 Å². The van der Waals surface area contributed by atoms with Gasteiger partial charge in [-0.2, -0.15) is 0 Å². The fraction of sp³-hybridized carbons (Fsp3) is 0.391. The van der Waals surface area contributed by atoms with E-state index in [1.165, 1.54) is 11.3 Å². The van der Waals surface area contributed by atoms with Gasteiger partial charge in [-0.1, -0.05) is 6.07 Å². The van der Waals surface area contributed by atoms with Gasteiger partial charge < -0.3 is 14.7 Å². The van der Waals surface area contributed by atoms with Crippen LogP contribution in [0.1, 0.15) is 31.2 Å². The number of aryl methyl sites for hydroxylation is 1. The molecule has 1 aliphatic rings. The molecule has 2 aromatic heterocycles. The number of aliphatic hydroxyl groups excluding tert-OH is 1. The minimum Gasteiger partial charge on any atom is -0.474 e. The van der Waals surface area contributed by atoms with Crippen molar-refractivity contribution in [2.45, 2.75) is 44.8 Å². The lowest BCUT2D eigenvalue weighted by Crippen LogP contribution is -2.26. The number of nitrogens with zero attached hydrogens (tertiary/aromatic N) is 3. The zero-order valence-corrected chi connectivity index (χ0v) is 16.7. The molecule has 0 bridgehead atoms. The third-order valence-corrected chi connectivity index (χ3v) is 5.46. The minimum atomic E-state index is -0.198. The maximum absolute atomic E-state index is 9.76. The van der Waals surface area contributed by atoms with Gasteiger partial charge in [0.1, 0.15) is 6.10 Å². The standard InChI is InChI=1S/C23H27N3O2/c1-15-13-16(6-11-22(15)26(2)3)20-14-21-19(5-4-12-24-21)23(25-20)28-18-9-7-17(27)8-10-18/h4-6,11-14,17-18,27H,7-10H2,1-3H3. The maximum atomic E-state index is 9.76. The number of hydrogen-bond acceptors (Lipinski definition) is 5. The molecule has 1 aliphatic carbocycles. The molecule has 0 saturated heterocycles. The summed E-state index contributed by atoms with van der Waals surface area (Å²) in [6.45, 7) is 2.11. The van der Waals surface area contributed by atoms with Gasteiger partial charge in [-0.15, -0.1) is 0 Å². The Morgan fingerprint density at radius 2 is 1.86 bits per heavy atom. The number of ether oxygens (including phenoxy) is 1. The summed E-state index contributed by atoms with van der Waals surface area (Å²) in [6, 6.07) is 12.3. The van der Waals surface area contributed by atoms with Crippen LogP contribution in [0.15, 0.2) is 42.6 Å². The largest absolute Gasteiger partial charge is 0.474 e. The number of aliphatic hydroxyl groups is 1. The molecule has 1 aromatic carbocycles. The lowest BCUT2D eigenvalue weighted by atomic mass is 9.95. The average Bonchev–Trinajstić information content (AvgIpc) is 2.69. The van der Waals surface area contributed by atoms with Crippen LogP contribution in [0.3, 0.4) is 0 Å². The molecule has 146 valence electrons. The van der Waals surface area contributed by atoms with Crippen LogP contribution in [0.25, 0.3) is 22.2 Å². The second-order valence-corrected chi connectivity index (χ2v) is 7.83. The molecule has 0 radical (unpaired) electrons. The van der Waals surface area contributed by atoms with E-state index in [1.807, 2.05) is 32.3 Å². The highest BCUT2D eigenvalue weighted by atomic mass is 16.5. The van der Waals surface area contributed by atoms with Crippen molar-refractivity contribution in [2.24, 2.45) is 0 Å². The number of hydrogen-bond donors (Lipinski definition) is 1. The molecule has 0 unspecified atom stereocenters. The van der Waals surface area contributed by atoms with E-state index < -0.39 is 0 Å². The van der Waals surface area contributed by atoms with E-state index in [0.29, 0.717) is 5.88 Å². The predicted molar refractivity (Wildman–Crippen MR) is 113 cm³/mol. The molecule has 0 atom stereocenters. The Labute approximate surface area is 166 Å². The lowest BCUT2D eigenvalue weighted by Gasteiger charge is -2.26. The van der Waals surface area contributed by atoms with Crippen molar-refractivity contribution in [2.75, 3.05) is 19.0 Å². The smallest absolute Gasteiger partial charge is 0.223 e. The first-order valence-corrected chi connectivity index (χ1v) is 9.90. The fourth-order valence-electron chi connectivity index (χ4n) is 3.92. The minimum absolute atomic E-state index is 0.0902. The Hall–Kier alpha value is -2.66. The van der Waals surface area contributed by atoms with Gasteiger partial charge in [0.05, 0.1) is 22.7 Å². The molecule has 0 amide bonds. The highest BCUT2D eigenvalue weighted by Crippen LogP contribution is 2.32. The van der Waals surface area contributed by atoms with Gasteiger partial charge in [-0.3, -0.25) is 4.98 Å². The molecule has 5 heteroatoms. The summed E-state index contributed by atoms with van der Waals surface area (Å²) < 4.78 is 6.30. The van der Waals surface area contributed by atoms with Crippen molar-refractivity contribution < 1.29 is 9.84 Å². The SMILES string of the molecule is Cc1cc(-c2cc3ncccc3c(OC3CCC(O)CC3)n2)ccc1N(C)C. The lowest BCUT2D eigenvalue weighted by molar-refractivity contribution is 0.0652. The van der Waals surface area contributed by atoms with Gasteiger partial charge >= 0.3 is 0 Å². The quantitative estimate of drug-likeness (QED) is 0.732. The molecule has 2 heterocycles. The summed E-state index contributed by atoms with van der Waals surface area (Å²) in [6.07, 6.45) is 4.96. The molecule has 5 nitrogen and oxygen atoms in total. The molecule has 4 rings (SSSR count). The highest BCUT2D eigenvalue weighted by molar-refractivity contribution is 5.87. The topological polar surface area (TPSA) is 58.5 Å². The van der Waals surface area contributed by atoms with Crippen molar-refractivity contribution in [3.8, 4) is 17.1 Å². The Morgan fingerprint density at radius 1 is 1.07 bits per heavy atom. The van der Waals surface area contributed by atoms with Crippen molar-refractivity contribution in [1.82, 2.24) is 9.97 Å². The molecule has 1 N–H and O–H groups in total. The summed E-state index contributed by atoms with van der Waals surface area (Å²) >= 11 is 0. The van der Waals surface area contributed by atoms with Gasteiger partial charge in [0, 0.05) is 31.5 Å². The van der Waals surface area contributed by atoms with E-state index in [2.05, 4.69) is 35.0 Å². The Morgan fingerprint density at radius 3 is 2.57 bits per heavy atom. The average molecular weight is 377 g/mol. The van der Waals surface area contributed by atoms with Crippen LogP contribution in [0.4, 0.5) is 5.69 Å². The summed E-state index contributed by atoms with van der Waals surface area (Å²) in [5.41, 5.74) is 5.20. The third kappa shape index (κ3) is 3.80. The Balaban J connectivity index is 1.73. The van der Waals surface area contributed by atoms with Gasteiger partial charge in [-0.05, 0) is 68.5 Å². The second-order valence-electron chi connectivity index (χ2n) is 7.83. The molecule has 0 spiro atoms. The van der Waals surface area contributed by atoms with Crippen LogP contribution in [0.5, 0.6) is 5.88 Å². The molecular weight excluding hydrogens is 350 g/mol. The van der Waals surface area contributed by atoms with Crippen LogP contribution in [-0.4, -0.2) is 41.4 Å². The van der Waals surface area contributed by atoms with Gasteiger partial charge in [0.15, 0.2) is 0 Å². The van der Waals surface area contributed by atoms with E-state index in [0.717, 1.165) is 47.8 Å². The summed E-state index contributed by atoms with van der Waals surface area (Å²) in [7, 11) is 4.10. The van der Waals surface area contributed by atoms with Gasteiger partial charge in [0.25, 0.3) is 0 Å². The van der Waals surface area contributed by atoms with Gasteiger partial charge in [-0.25, -0.2) is 4.98 Å². The number of benzene rings is 1. The molecule has 3 aromatic rings. The van der Waals surface area contributed by atoms with Crippen LogP contribution in [0.2, 0.25) is 0 Å². The van der Waals surface area contributed by atoms with E-state index >= 15 is 0 Å². The zero-order chi connectivity index (χ0) is 19.7. The predicted octanol–water partition coefficient (Wildman–Crippen LogP) is 4.35. The highest BCUT2D eigenvalue weighted by Gasteiger charge is 2.22. The number of aromatic nitrogens is 2. The summed E-state index contributed by atoms with van der Waals surface area (Å²) in [4.78, 5) is 11.5. The Bertz CT molecular complexity index is 979. The number of anilines is 1. The van der Waals surface area contributed by atoms with Crippen molar-refractivity contribution in [3.63, 3.8) is 0 Å². The first-order valence-electron chi connectivity index (χ1n) is 9.90. The van der Waals surface area contributed by atoms with Crippen molar-refractivity contribution in [1.29, 1.82) is 0 Å². The number of pyridine rings is 2. The molecule has 1 saturated carbocycles. The Kier molecular flexibility index (Phi) is 5.18. The van der Waals surface area contributed by atoms with Crippen LogP contribution in [-0.2, 0) is 0 Å². The molecule has 1 fully saturated rings. The van der Waals surface area contributed by atoms with E-state index in [4.69, 9.17) is 9.72 Å². The molecule has 0 aliphatic heterocycles. The van der Waals surface area contributed by atoms with Crippen molar-refractivity contribution >= 4 is 16.6 Å². The van der Waals surface area contributed by atoms with Crippen molar-refractivity contribution in [3.05, 3.63) is 48.2 Å². The molecular formula is C23H27N3O2. The third-order valence-electron chi connectivity index (χ3n) is 5.46. The van der Waals surface area contributed by atoms with E-state index in [1.54, 1.807) is 6.20 Å². The normalized spacial score (nSPS) is 19.6. The first-order chi connectivity index (χ1) is 13.5.